The van der Waals surface area contributed by atoms with Gasteiger partial charge >= 0.3 is 5.97 Å². The lowest BCUT2D eigenvalue weighted by Crippen LogP contribution is -2.26. The van der Waals surface area contributed by atoms with E-state index in [9.17, 15) is 18.0 Å². The van der Waals surface area contributed by atoms with Crippen molar-refractivity contribution in [3.8, 4) is 0 Å². The second kappa shape index (κ2) is 8.02. The Kier molecular flexibility index (Phi) is 6.68. The Balaban J connectivity index is 2.40. The molecular weight excluding hydrogens is 283 g/mol. The third kappa shape index (κ3) is 5.75. The number of benzene rings is 1. The van der Waals surface area contributed by atoms with Crippen LogP contribution in [0.2, 0.25) is 0 Å². The van der Waals surface area contributed by atoms with Crippen molar-refractivity contribution in [2.45, 2.75) is 45.1 Å². The molecule has 1 rings (SSSR count). The molecule has 0 aliphatic rings. The number of rotatable bonds is 8. The highest BCUT2D eigenvalue weighted by Crippen LogP contribution is 2.20. The molecule has 118 valence electrons. The Morgan fingerprint density at radius 2 is 1.95 bits per heavy atom. The first-order valence-electron chi connectivity index (χ1n) is 6.91. The summed E-state index contributed by atoms with van der Waals surface area (Å²) in [5, 5.41) is 8.61. The van der Waals surface area contributed by atoms with Gasteiger partial charge in [-0.15, -0.1) is 0 Å². The molecule has 0 aliphatic carbocycles. The molecule has 0 bridgehead atoms. The number of nitrogens with two attached hydrogens (primary N) is 1. The van der Waals surface area contributed by atoms with Crippen molar-refractivity contribution < 1.29 is 23.1 Å². The second-order valence-electron chi connectivity index (χ2n) is 5.43. The SMILES string of the molecule is C[C@@H](CCCc1ccc(F)c(F)c1F)C[C@H](N)CC(=O)O. The van der Waals surface area contributed by atoms with Crippen molar-refractivity contribution in [1.29, 1.82) is 0 Å². The van der Waals surface area contributed by atoms with Crippen LogP contribution >= 0.6 is 0 Å². The Hall–Kier alpha value is -1.56. The number of hydrogen-bond acceptors (Lipinski definition) is 2. The number of carboxylic acids is 1. The van der Waals surface area contributed by atoms with Gasteiger partial charge in [0.25, 0.3) is 0 Å². The summed E-state index contributed by atoms with van der Waals surface area (Å²) in [4.78, 5) is 10.5. The minimum Gasteiger partial charge on any atom is -0.481 e. The van der Waals surface area contributed by atoms with Gasteiger partial charge in [-0.2, -0.15) is 0 Å². The molecule has 21 heavy (non-hydrogen) atoms. The van der Waals surface area contributed by atoms with Crippen LogP contribution in [0.1, 0.15) is 38.2 Å². The van der Waals surface area contributed by atoms with E-state index in [0.29, 0.717) is 25.7 Å². The van der Waals surface area contributed by atoms with Gasteiger partial charge in [-0.1, -0.05) is 19.4 Å². The number of halogens is 3. The first-order valence-corrected chi connectivity index (χ1v) is 6.91. The molecule has 3 N–H and O–H groups in total. The van der Waals surface area contributed by atoms with Gasteiger partial charge in [-0.05, 0) is 36.8 Å². The molecule has 0 aliphatic heterocycles. The average molecular weight is 303 g/mol. The van der Waals surface area contributed by atoms with Crippen LogP contribution in [0.3, 0.4) is 0 Å². The van der Waals surface area contributed by atoms with Gasteiger partial charge in [0.05, 0.1) is 6.42 Å². The Labute approximate surface area is 122 Å². The molecule has 3 nitrogen and oxygen atoms in total. The molecule has 0 radical (unpaired) electrons. The van der Waals surface area contributed by atoms with Gasteiger partial charge in [0, 0.05) is 6.04 Å². The van der Waals surface area contributed by atoms with Crippen molar-refractivity contribution in [3.05, 3.63) is 35.1 Å². The van der Waals surface area contributed by atoms with Crippen molar-refractivity contribution in [2.75, 3.05) is 0 Å². The minimum atomic E-state index is -1.44. The fraction of sp³-hybridized carbons (Fsp3) is 0.533. The highest BCUT2D eigenvalue weighted by Gasteiger charge is 2.15. The third-order valence-electron chi connectivity index (χ3n) is 3.40. The lowest BCUT2D eigenvalue weighted by atomic mass is 9.94. The number of aryl methyl sites for hydroxylation is 1. The molecule has 0 unspecified atom stereocenters. The lowest BCUT2D eigenvalue weighted by molar-refractivity contribution is -0.137. The van der Waals surface area contributed by atoms with Crippen molar-refractivity contribution in [2.24, 2.45) is 11.7 Å². The van der Waals surface area contributed by atoms with Crippen LogP contribution < -0.4 is 5.73 Å². The maximum Gasteiger partial charge on any atom is 0.304 e. The summed E-state index contributed by atoms with van der Waals surface area (Å²) in [6.07, 6.45) is 2.10. The lowest BCUT2D eigenvalue weighted by Gasteiger charge is -2.15. The summed E-state index contributed by atoms with van der Waals surface area (Å²) in [5.74, 6) is -4.51. The van der Waals surface area contributed by atoms with E-state index in [1.807, 2.05) is 6.92 Å². The third-order valence-corrected chi connectivity index (χ3v) is 3.40. The first-order chi connectivity index (χ1) is 9.81. The minimum absolute atomic E-state index is 0.0812. The normalized spacial score (nSPS) is 14.0. The smallest absolute Gasteiger partial charge is 0.304 e. The van der Waals surface area contributed by atoms with Crippen LogP contribution in [0.15, 0.2) is 12.1 Å². The number of hydrogen-bond donors (Lipinski definition) is 2. The Morgan fingerprint density at radius 3 is 2.57 bits per heavy atom. The zero-order chi connectivity index (χ0) is 16.0. The van der Waals surface area contributed by atoms with Crippen molar-refractivity contribution in [3.63, 3.8) is 0 Å². The maximum absolute atomic E-state index is 13.4. The predicted molar refractivity (Wildman–Crippen MR) is 73.3 cm³/mol. The maximum atomic E-state index is 13.4. The summed E-state index contributed by atoms with van der Waals surface area (Å²) in [6.45, 7) is 1.93. The summed E-state index contributed by atoms with van der Waals surface area (Å²) in [5.41, 5.74) is 5.84. The quantitative estimate of drug-likeness (QED) is 0.725. The van der Waals surface area contributed by atoms with Crippen LogP contribution in [-0.2, 0) is 11.2 Å². The van der Waals surface area contributed by atoms with E-state index in [-0.39, 0.29) is 17.9 Å². The van der Waals surface area contributed by atoms with Gasteiger partial charge in [-0.25, -0.2) is 13.2 Å². The fourth-order valence-electron chi connectivity index (χ4n) is 2.34. The second-order valence-corrected chi connectivity index (χ2v) is 5.43. The molecule has 0 saturated carbocycles. The van der Waals surface area contributed by atoms with E-state index < -0.39 is 29.5 Å². The molecule has 0 fully saturated rings. The standard InChI is InChI=1S/C15H20F3NO2/c1-9(7-11(19)8-13(20)21)3-2-4-10-5-6-12(16)15(18)14(10)17/h5-6,9,11H,2-4,7-8,19H2,1H3,(H,20,21)/t9-,11-/m0/s1. The van der Waals surface area contributed by atoms with Gasteiger partial charge in [0.2, 0.25) is 0 Å². The molecule has 0 aromatic heterocycles. The summed E-state index contributed by atoms with van der Waals surface area (Å²) in [7, 11) is 0. The molecule has 1 aromatic rings. The monoisotopic (exact) mass is 303 g/mol. The van der Waals surface area contributed by atoms with Crippen LogP contribution in [0, 0.1) is 23.4 Å². The highest BCUT2D eigenvalue weighted by molar-refractivity contribution is 5.67. The molecular formula is C15H20F3NO2. The van der Waals surface area contributed by atoms with Crippen LogP contribution in [0.5, 0.6) is 0 Å². The molecule has 0 spiro atoms. The van der Waals surface area contributed by atoms with Gasteiger partial charge in [-0.3, -0.25) is 4.79 Å². The number of aliphatic carboxylic acids is 1. The van der Waals surface area contributed by atoms with Crippen molar-refractivity contribution in [1.82, 2.24) is 0 Å². The van der Waals surface area contributed by atoms with Crippen LogP contribution in [-0.4, -0.2) is 17.1 Å². The van der Waals surface area contributed by atoms with Gasteiger partial charge in [0.1, 0.15) is 0 Å². The Morgan fingerprint density at radius 1 is 1.29 bits per heavy atom. The molecule has 0 heterocycles. The largest absolute Gasteiger partial charge is 0.481 e. The zero-order valence-electron chi connectivity index (χ0n) is 11.9. The van der Waals surface area contributed by atoms with Crippen LogP contribution in [0.25, 0.3) is 0 Å². The zero-order valence-corrected chi connectivity index (χ0v) is 11.9. The summed E-state index contributed by atoms with van der Waals surface area (Å²) < 4.78 is 39.3. The molecule has 6 heteroatoms. The Bertz CT molecular complexity index is 494. The number of carboxylic acid groups (broad SMARTS) is 1. The van der Waals surface area contributed by atoms with E-state index in [2.05, 4.69) is 0 Å². The molecule has 0 saturated heterocycles. The van der Waals surface area contributed by atoms with E-state index >= 15 is 0 Å². The highest BCUT2D eigenvalue weighted by atomic mass is 19.2. The van der Waals surface area contributed by atoms with Crippen molar-refractivity contribution >= 4 is 5.97 Å². The molecule has 1 aromatic carbocycles. The average Bonchev–Trinajstić information content (AvgIpc) is 2.37. The van der Waals surface area contributed by atoms with Gasteiger partial charge in [0.15, 0.2) is 17.5 Å². The van der Waals surface area contributed by atoms with E-state index in [0.717, 1.165) is 6.07 Å². The van der Waals surface area contributed by atoms with E-state index in [1.54, 1.807) is 0 Å². The molecule has 2 atom stereocenters. The topological polar surface area (TPSA) is 63.3 Å². The van der Waals surface area contributed by atoms with Crippen LogP contribution in [0.4, 0.5) is 13.2 Å². The molecule has 0 amide bonds. The predicted octanol–water partition coefficient (Wildman–Crippen LogP) is 3.25. The van der Waals surface area contributed by atoms with E-state index in [1.165, 1.54) is 6.07 Å². The fourth-order valence-corrected chi connectivity index (χ4v) is 2.34. The summed E-state index contributed by atoms with van der Waals surface area (Å²) >= 11 is 0. The van der Waals surface area contributed by atoms with Gasteiger partial charge < -0.3 is 10.8 Å². The summed E-state index contributed by atoms with van der Waals surface area (Å²) in [6, 6.07) is 1.76. The first kappa shape index (κ1) is 17.5. The van der Waals surface area contributed by atoms with E-state index in [4.69, 9.17) is 10.8 Å². The number of carbonyl (C=O) groups is 1.